The van der Waals surface area contributed by atoms with E-state index in [1.165, 1.54) is 11.1 Å². The first-order valence-electron chi connectivity index (χ1n) is 8.36. The van der Waals surface area contributed by atoms with Crippen molar-refractivity contribution < 1.29 is 8.42 Å². The second-order valence-corrected chi connectivity index (χ2v) is 7.72. The Kier molecular flexibility index (Phi) is 9.64. The molecule has 0 fully saturated rings. The van der Waals surface area contributed by atoms with Crippen molar-refractivity contribution in [3.05, 3.63) is 65.7 Å². The van der Waals surface area contributed by atoms with Gasteiger partial charge >= 0.3 is 0 Å². The predicted molar refractivity (Wildman–Crippen MR) is 118 cm³/mol. The molecule has 26 heavy (non-hydrogen) atoms. The number of benzene rings is 2. The Morgan fingerprint density at radius 1 is 0.962 bits per heavy atom. The molecule has 7 heteroatoms. The van der Waals surface area contributed by atoms with Crippen molar-refractivity contribution in [3.63, 3.8) is 0 Å². The average molecular weight is 487 g/mol. The number of hydrogen-bond acceptors (Lipinski definition) is 3. The van der Waals surface area contributed by atoms with Gasteiger partial charge in [-0.15, -0.1) is 24.0 Å². The van der Waals surface area contributed by atoms with Gasteiger partial charge in [0.25, 0.3) is 0 Å². The van der Waals surface area contributed by atoms with E-state index in [1.807, 2.05) is 12.1 Å². The lowest BCUT2D eigenvalue weighted by Gasteiger charge is -2.14. The number of sulfone groups is 1. The van der Waals surface area contributed by atoms with E-state index >= 15 is 0 Å². The molecule has 142 valence electrons. The first-order chi connectivity index (χ1) is 12.1. The maximum atomic E-state index is 12.3. The highest BCUT2D eigenvalue weighted by Gasteiger charge is 2.13. The molecule has 0 radical (unpaired) electrons. The van der Waals surface area contributed by atoms with E-state index in [2.05, 4.69) is 34.7 Å². The van der Waals surface area contributed by atoms with Crippen LogP contribution in [0.4, 0.5) is 0 Å². The molecule has 0 aliphatic carbocycles. The maximum absolute atomic E-state index is 12.3. The summed E-state index contributed by atoms with van der Waals surface area (Å²) in [7, 11) is -1.61. The van der Waals surface area contributed by atoms with Crippen LogP contribution in [-0.4, -0.2) is 33.7 Å². The third kappa shape index (κ3) is 6.60. The van der Waals surface area contributed by atoms with E-state index in [1.54, 1.807) is 37.4 Å². The number of nitrogens with zero attached hydrogens (tertiary/aromatic N) is 1. The number of aryl methyl sites for hydroxylation is 1. The minimum absolute atomic E-state index is 0. The SMILES string of the molecule is CCc1ccccc1CNC(=NC)NCCS(=O)(=O)c1ccccc1.I. The van der Waals surface area contributed by atoms with Gasteiger partial charge in [-0.1, -0.05) is 49.4 Å². The first kappa shape index (κ1) is 22.4. The monoisotopic (exact) mass is 487 g/mol. The van der Waals surface area contributed by atoms with Crippen LogP contribution in [0.2, 0.25) is 0 Å². The zero-order valence-corrected chi connectivity index (χ0v) is 18.3. The Morgan fingerprint density at radius 3 is 2.19 bits per heavy atom. The smallest absolute Gasteiger partial charge is 0.191 e. The largest absolute Gasteiger partial charge is 0.355 e. The fourth-order valence-corrected chi connectivity index (χ4v) is 3.70. The zero-order chi connectivity index (χ0) is 18.1. The number of halogens is 1. The van der Waals surface area contributed by atoms with Crippen LogP contribution in [0.3, 0.4) is 0 Å². The van der Waals surface area contributed by atoms with Crippen LogP contribution in [0.25, 0.3) is 0 Å². The van der Waals surface area contributed by atoms with Gasteiger partial charge in [0.05, 0.1) is 10.6 Å². The number of aliphatic imine (C=N–C) groups is 1. The third-order valence-corrected chi connectivity index (χ3v) is 5.67. The second kappa shape index (κ2) is 11.2. The molecule has 2 aromatic rings. The van der Waals surface area contributed by atoms with E-state index in [9.17, 15) is 8.42 Å². The Morgan fingerprint density at radius 2 is 1.58 bits per heavy atom. The van der Waals surface area contributed by atoms with Crippen LogP contribution >= 0.6 is 24.0 Å². The van der Waals surface area contributed by atoms with Crippen molar-refractivity contribution in [1.82, 2.24) is 10.6 Å². The summed E-state index contributed by atoms with van der Waals surface area (Å²) in [6.07, 6.45) is 0.971. The Labute approximate surface area is 173 Å². The van der Waals surface area contributed by atoms with Crippen LogP contribution in [0.1, 0.15) is 18.1 Å². The normalized spacial score (nSPS) is 11.5. The Bertz CT molecular complexity index is 809. The molecule has 2 rings (SSSR count). The summed E-state index contributed by atoms with van der Waals surface area (Å²) < 4.78 is 24.5. The molecule has 0 amide bonds. The van der Waals surface area contributed by atoms with Crippen LogP contribution in [0, 0.1) is 0 Å². The Balaban J connectivity index is 0.00000338. The molecule has 0 saturated heterocycles. The molecular weight excluding hydrogens is 461 g/mol. The van der Waals surface area contributed by atoms with E-state index in [0.29, 0.717) is 23.9 Å². The van der Waals surface area contributed by atoms with Crippen LogP contribution in [-0.2, 0) is 22.8 Å². The van der Waals surface area contributed by atoms with Gasteiger partial charge in [0, 0.05) is 20.1 Å². The van der Waals surface area contributed by atoms with Crippen molar-refractivity contribution in [3.8, 4) is 0 Å². The lowest BCUT2D eigenvalue weighted by Crippen LogP contribution is -2.39. The summed E-state index contributed by atoms with van der Waals surface area (Å²) in [6.45, 7) is 3.07. The lowest BCUT2D eigenvalue weighted by atomic mass is 10.1. The molecular formula is C19H26IN3O2S. The molecule has 2 N–H and O–H groups in total. The van der Waals surface area contributed by atoms with Gasteiger partial charge < -0.3 is 10.6 Å². The molecule has 0 aliphatic heterocycles. The summed E-state index contributed by atoms with van der Waals surface area (Å²) in [5, 5.41) is 6.29. The fourth-order valence-electron chi connectivity index (χ4n) is 2.52. The van der Waals surface area contributed by atoms with Crippen molar-refractivity contribution in [1.29, 1.82) is 0 Å². The van der Waals surface area contributed by atoms with Gasteiger partial charge in [-0.05, 0) is 29.7 Å². The number of guanidine groups is 1. The summed E-state index contributed by atoms with van der Waals surface area (Å²) in [4.78, 5) is 4.49. The molecule has 0 unspecified atom stereocenters. The van der Waals surface area contributed by atoms with Gasteiger partial charge in [-0.3, -0.25) is 4.99 Å². The van der Waals surface area contributed by atoms with E-state index in [4.69, 9.17) is 0 Å². The number of rotatable bonds is 7. The maximum Gasteiger partial charge on any atom is 0.191 e. The fraction of sp³-hybridized carbons (Fsp3) is 0.316. The molecule has 0 spiro atoms. The molecule has 2 aromatic carbocycles. The Hall–Kier alpha value is -1.61. The minimum Gasteiger partial charge on any atom is -0.355 e. The molecule has 0 bridgehead atoms. The van der Waals surface area contributed by atoms with Gasteiger partial charge in [0.15, 0.2) is 15.8 Å². The molecule has 5 nitrogen and oxygen atoms in total. The van der Waals surface area contributed by atoms with Crippen molar-refractivity contribution in [2.75, 3.05) is 19.3 Å². The third-order valence-electron chi connectivity index (χ3n) is 3.93. The van der Waals surface area contributed by atoms with Gasteiger partial charge in [0.2, 0.25) is 0 Å². The van der Waals surface area contributed by atoms with Gasteiger partial charge in [0.1, 0.15) is 0 Å². The van der Waals surface area contributed by atoms with Gasteiger partial charge in [-0.25, -0.2) is 8.42 Å². The highest BCUT2D eigenvalue weighted by atomic mass is 127. The molecule has 0 atom stereocenters. The van der Waals surface area contributed by atoms with Crippen molar-refractivity contribution in [2.45, 2.75) is 24.8 Å². The summed E-state index contributed by atoms with van der Waals surface area (Å²) in [5.74, 6) is 0.609. The summed E-state index contributed by atoms with van der Waals surface area (Å²) in [5.41, 5.74) is 2.50. The van der Waals surface area contributed by atoms with Crippen LogP contribution in [0.5, 0.6) is 0 Å². The van der Waals surface area contributed by atoms with E-state index < -0.39 is 9.84 Å². The summed E-state index contributed by atoms with van der Waals surface area (Å²) >= 11 is 0. The quantitative estimate of drug-likeness (QED) is 0.358. The number of hydrogen-bond donors (Lipinski definition) is 2. The van der Waals surface area contributed by atoms with Crippen LogP contribution in [0.15, 0.2) is 64.5 Å². The molecule has 0 aliphatic rings. The highest BCUT2D eigenvalue weighted by molar-refractivity contribution is 14.0. The van der Waals surface area contributed by atoms with E-state index in [0.717, 1.165) is 6.42 Å². The topological polar surface area (TPSA) is 70.6 Å². The zero-order valence-electron chi connectivity index (χ0n) is 15.1. The van der Waals surface area contributed by atoms with Crippen molar-refractivity contribution in [2.24, 2.45) is 4.99 Å². The lowest BCUT2D eigenvalue weighted by molar-refractivity contribution is 0.594. The van der Waals surface area contributed by atoms with E-state index in [-0.39, 0.29) is 29.7 Å². The standard InChI is InChI=1S/C19H25N3O2S.HI/c1-3-16-9-7-8-10-17(16)15-22-19(20-2)21-13-14-25(23,24)18-11-5-4-6-12-18;/h4-12H,3,13-15H2,1-2H3,(H2,20,21,22);1H. The first-order valence-corrected chi connectivity index (χ1v) is 10.0. The number of nitrogens with one attached hydrogen (secondary N) is 2. The van der Waals surface area contributed by atoms with Crippen LogP contribution < -0.4 is 10.6 Å². The minimum atomic E-state index is -3.29. The molecule has 0 heterocycles. The summed E-state index contributed by atoms with van der Waals surface area (Å²) in [6, 6.07) is 16.7. The predicted octanol–water partition coefficient (Wildman–Crippen LogP) is 3.01. The van der Waals surface area contributed by atoms with Gasteiger partial charge in [-0.2, -0.15) is 0 Å². The second-order valence-electron chi connectivity index (χ2n) is 5.61. The average Bonchev–Trinajstić information content (AvgIpc) is 2.65. The van der Waals surface area contributed by atoms with Crippen molar-refractivity contribution >= 4 is 39.8 Å². The molecule has 0 aromatic heterocycles. The molecule has 0 saturated carbocycles. The highest BCUT2D eigenvalue weighted by Crippen LogP contribution is 2.10.